The lowest BCUT2D eigenvalue weighted by molar-refractivity contribution is -0.121. The van der Waals surface area contributed by atoms with Gasteiger partial charge in [-0.3, -0.25) is 9.59 Å². The SMILES string of the molecule is NCCCCCCC(=O)NCCNC(=O)c1ccco1. The molecule has 6 nitrogen and oxygen atoms in total. The minimum Gasteiger partial charge on any atom is -0.459 e. The summed E-state index contributed by atoms with van der Waals surface area (Å²) >= 11 is 0. The second kappa shape index (κ2) is 10.0. The van der Waals surface area contributed by atoms with Gasteiger partial charge >= 0.3 is 0 Å². The van der Waals surface area contributed by atoms with Gasteiger partial charge in [0.05, 0.1) is 6.26 Å². The zero-order valence-electron chi connectivity index (χ0n) is 11.7. The molecule has 1 aromatic heterocycles. The Morgan fingerprint density at radius 2 is 1.85 bits per heavy atom. The molecule has 6 heteroatoms. The molecule has 0 fully saturated rings. The maximum Gasteiger partial charge on any atom is 0.287 e. The predicted molar refractivity (Wildman–Crippen MR) is 76.2 cm³/mol. The fourth-order valence-corrected chi connectivity index (χ4v) is 1.74. The third-order valence-electron chi connectivity index (χ3n) is 2.84. The average molecular weight is 281 g/mol. The van der Waals surface area contributed by atoms with Crippen molar-refractivity contribution in [1.82, 2.24) is 10.6 Å². The Morgan fingerprint density at radius 3 is 2.55 bits per heavy atom. The van der Waals surface area contributed by atoms with Crippen LogP contribution >= 0.6 is 0 Å². The lowest BCUT2D eigenvalue weighted by atomic mass is 10.1. The van der Waals surface area contributed by atoms with Crippen LogP contribution in [0.2, 0.25) is 0 Å². The van der Waals surface area contributed by atoms with Gasteiger partial charge in [0, 0.05) is 19.5 Å². The summed E-state index contributed by atoms with van der Waals surface area (Å²) in [6, 6.07) is 3.25. The number of nitrogens with one attached hydrogen (secondary N) is 2. The van der Waals surface area contributed by atoms with Gasteiger partial charge in [0.25, 0.3) is 5.91 Å². The molecule has 4 N–H and O–H groups in total. The first-order chi connectivity index (χ1) is 9.74. The molecule has 0 radical (unpaired) electrons. The number of unbranched alkanes of at least 4 members (excludes halogenated alkanes) is 3. The molecule has 0 saturated heterocycles. The summed E-state index contributed by atoms with van der Waals surface area (Å²) in [5.41, 5.74) is 5.39. The van der Waals surface area contributed by atoms with Crippen LogP contribution in [0, 0.1) is 0 Å². The number of amides is 2. The molecule has 1 heterocycles. The molecule has 0 aromatic carbocycles. The maximum atomic E-state index is 11.5. The molecule has 20 heavy (non-hydrogen) atoms. The number of hydrogen-bond donors (Lipinski definition) is 3. The molecule has 1 aromatic rings. The van der Waals surface area contributed by atoms with Crippen LogP contribution in [0.1, 0.15) is 42.7 Å². The Morgan fingerprint density at radius 1 is 1.10 bits per heavy atom. The van der Waals surface area contributed by atoms with Gasteiger partial charge in [-0.25, -0.2) is 0 Å². The molecule has 2 amide bonds. The summed E-state index contributed by atoms with van der Waals surface area (Å²) in [6.07, 6.45) is 5.96. The smallest absolute Gasteiger partial charge is 0.287 e. The minimum absolute atomic E-state index is 0.0185. The fourth-order valence-electron chi connectivity index (χ4n) is 1.74. The Balaban J connectivity index is 1.98. The van der Waals surface area contributed by atoms with Crippen LogP contribution in [0.3, 0.4) is 0 Å². The van der Waals surface area contributed by atoms with Gasteiger partial charge in [0.15, 0.2) is 5.76 Å². The van der Waals surface area contributed by atoms with Gasteiger partial charge in [-0.05, 0) is 31.5 Å². The Labute approximate surface area is 119 Å². The lowest BCUT2D eigenvalue weighted by Gasteiger charge is -2.06. The van der Waals surface area contributed by atoms with E-state index < -0.39 is 0 Å². The molecule has 0 unspecified atom stereocenters. The molecule has 0 spiro atoms. The van der Waals surface area contributed by atoms with E-state index in [4.69, 9.17) is 10.2 Å². The topological polar surface area (TPSA) is 97.4 Å². The van der Waals surface area contributed by atoms with Crippen molar-refractivity contribution < 1.29 is 14.0 Å². The van der Waals surface area contributed by atoms with Crippen LogP contribution in [-0.4, -0.2) is 31.4 Å². The molecule has 1 rings (SSSR count). The van der Waals surface area contributed by atoms with E-state index in [1.54, 1.807) is 12.1 Å². The number of hydrogen-bond acceptors (Lipinski definition) is 4. The van der Waals surface area contributed by atoms with Gasteiger partial charge < -0.3 is 20.8 Å². The van der Waals surface area contributed by atoms with Crippen LogP contribution in [0.25, 0.3) is 0 Å². The van der Waals surface area contributed by atoms with Crippen LogP contribution in [0.4, 0.5) is 0 Å². The van der Waals surface area contributed by atoms with Crippen molar-refractivity contribution in [3.63, 3.8) is 0 Å². The van der Waals surface area contributed by atoms with Gasteiger partial charge in [-0.15, -0.1) is 0 Å². The first-order valence-corrected chi connectivity index (χ1v) is 7.02. The van der Waals surface area contributed by atoms with Crippen molar-refractivity contribution in [3.8, 4) is 0 Å². The van der Waals surface area contributed by atoms with Crippen LogP contribution in [0.15, 0.2) is 22.8 Å². The summed E-state index contributed by atoms with van der Waals surface area (Å²) < 4.78 is 4.95. The van der Waals surface area contributed by atoms with E-state index in [1.165, 1.54) is 6.26 Å². The van der Waals surface area contributed by atoms with E-state index >= 15 is 0 Å². The summed E-state index contributed by atoms with van der Waals surface area (Å²) in [4.78, 5) is 23.0. The van der Waals surface area contributed by atoms with Crippen LogP contribution in [-0.2, 0) is 4.79 Å². The monoisotopic (exact) mass is 281 g/mol. The standard InChI is InChI=1S/C14H23N3O3/c15-8-4-2-1-3-7-13(18)16-9-10-17-14(19)12-6-5-11-20-12/h5-6,11H,1-4,7-10,15H2,(H,16,18)(H,17,19). The first-order valence-electron chi connectivity index (χ1n) is 7.02. The molecule has 0 aliphatic heterocycles. The summed E-state index contributed by atoms with van der Waals surface area (Å²) in [5.74, 6) is 0.0206. The molecule has 0 saturated carbocycles. The van der Waals surface area contributed by atoms with Crippen LogP contribution in [0.5, 0.6) is 0 Å². The second-order valence-electron chi connectivity index (χ2n) is 4.54. The van der Waals surface area contributed by atoms with E-state index in [-0.39, 0.29) is 17.6 Å². The number of rotatable bonds is 10. The zero-order chi connectivity index (χ0) is 14.6. The highest BCUT2D eigenvalue weighted by atomic mass is 16.3. The summed E-state index contributed by atoms with van der Waals surface area (Å²) in [5, 5.41) is 5.43. The molecule has 0 bridgehead atoms. The predicted octanol–water partition coefficient (Wildman–Crippen LogP) is 1.03. The van der Waals surface area contributed by atoms with Gasteiger partial charge in [-0.2, -0.15) is 0 Å². The number of nitrogens with two attached hydrogens (primary N) is 1. The van der Waals surface area contributed by atoms with Crippen molar-refractivity contribution in [2.24, 2.45) is 5.73 Å². The van der Waals surface area contributed by atoms with Gasteiger partial charge in [0.1, 0.15) is 0 Å². The molecule has 112 valence electrons. The molecule has 0 aliphatic rings. The van der Waals surface area contributed by atoms with Crippen molar-refractivity contribution in [2.45, 2.75) is 32.1 Å². The third kappa shape index (κ3) is 6.94. The van der Waals surface area contributed by atoms with E-state index in [0.29, 0.717) is 26.1 Å². The highest BCUT2D eigenvalue weighted by molar-refractivity contribution is 5.91. The number of carbonyl (C=O) groups is 2. The van der Waals surface area contributed by atoms with Crippen molar-refractivity contribution in [1.29, 1.82) is 0 Å². The zero-order valence-corrected chi connectivity index (χ0v) is 11.7. The Bertz CT molecular complexity index is 390. The Hall–Kier alpha value is -1.82. The van der Waals surface area contributed by atoms with Crippen molar-refractivity contribution in [3.05, 3.63) is 24.2 Å². The molecular weight excluding hydrogens is 258 g/mol. The van der Waals surface area contributed by atoms with E-state index in [1.807, 2.05) is 0 Å². The maximum absolute atomic E-state index is 11.5. The third-order valence-corrected chi connectivity index (χ3v) is 2.84. The van der Waals surface area contributed by atoms with Gasteiger partial charge in [-0.1, -0.05) is 12.8 Å². The van der Waals surface area contributed by atoms with E-state index in [0.717, 1.165) is 25.7 Å². The lowest BCUT2D eigenvalue weighted by Crippen LogP contribution is -2.34. The quantitative estimate of drug-likeness (QED) is 0.558. The molecule has 0 aliphatic carbocycles. The van der Waals surface area contributed by atoms with Gasteiger partial charge in [0.2, 0.25) is 5.91 Å². The highest BCUT2D eigenvalue weighted by Gasteiger charge is 2.07. The first kappa shape index (κ1) is 16.2. The summed E-state index contributed by atoms with van der Waals surface area (Å²) in [6.45, 7) is 1.52. The highest BCUT2D eigenvalue weighted by Crippen LogP contribution is 2.01. The summed E-state index contributed by atoms with van der Waals surface area (Å²) in [7, 11) is 0. The minimum atomic E-state index is -0.272. The normalized spacial score (nSPS) is 10.2. The average Bonchev–Trinajstić information content (AvgIpc) is 2.97. The molecule has 0 atom stereocenters. The van der Waals surface area contributed by atoms with E-state index in [2.05, 4.69) is 10.6 Å². The molecular formula is C14H23N3O3. The second-order valence-corrected chi connectivity index (χ2v) is 4.54. The van der Waals surface area contributed by atoms with Crippen molar-refractivity contribution in [2.75, 3.05) is 19.6 Å². The largest absolute Gasteiger partial charge is 0.459 e. The van der Waals surface area contributed by atoms with E-state index in [9.17, 15) is 9.59 Å². The van der Waals surface area contributed by atoms with Crippen molar-refractivity contribution >= 4 is 11.8 Å². The number of carbonyl (C=O) groups excluding carboxylic acids is 2. The van der Waals surface area contributed by atoms with Crippen LogP contribution < -0.4 is 16.4 Å². The fraction of sp³-hybridized carbons (Fsp3) is 0.571. The number of furan rings is 1. The Kier molecular flexibility index (Phi) is 8.14.